The SMILES string of the molecule is CC(=O)c1ccc(Oc2ncn(C)n2)c(F)c1. The number of rotatable bonds is 3. The summed E-state index contributed by atoms with van der Waals surface area (Å²) in [5.74, 6) is -0.835. The molecule has 0 N–H and O–H groups in total. The molecule has 0 aliphatic heterocycles. The molecule has 17 heavy (non-hydrogen) atoms. The molecule has 0 aliphatic rings. The van der Waals surface area contributed by atoms with Crippen molar-refractivity contribution in [2.45, 2.75) is 6.92 Å². The number of carbonyl (C=O) groups excluding carboxylic acids is 1. The number of hydrogen-bond acceptors (Lipinski definition) is 4. The molecule has 0 unspecified atom stereocenters. The summed E-state index contributed by atoms with van der Waals surface area (Å²) < 4.78 is 20.1. The van der Waals surface area contributed by atoms with Gasteiger partial charge in [-0.3, -0.25) is 9.48 Å². The molecule has 0 fully saturated rings. The number of hydrogen-bond donors (Lipinski definition) is 0. The van der Waals surface area contributed by atoms with Gasteiger partial charge >= 0.3 is 6.01 Å². The highest BCUT2D eigenvalue weighted by Crippen LogP contribution is 2.22. The average molecular weight is 235 g/mol. The van der Waals surface area contributed by atoms with Crippen molar-refractivity contribution >= 4 is 5.78 Å². The van der Waals surface area contributed by atoms with Crippen molar-refractivity contribution in [3.63, 3.8) is 0 Å². The van der Waals surface area contributed by atoms with E-state index in [-0.39, 0.29) is 17.5 Å². The maximum absolute atomic E-state index is 13.6. The molecule has 0 aliphatic carbocycles. The van der Waals surface area contributed by atoms with Crippen LogP contribution in [0.25, 0.3) is 0 Å². The van der Waals surface area contributed by atoms with Crippen LogP contribution in [0.4, 0.5) is 4.39 Å². The summed E-state index contributed by atoms with van der Waals surface area (Å²) in [5.41, 5.74) is 0.295. The van der Waals surface area contributed by atoms with Crippen LogP contribution in [0.15, 0.2) is 24.5 Å². The summed E-state index contributed by atoms with van der Waals surface area (Å²) >= 11 is 0. The lowest BCUT2D eigenvalue weighted by Crippen LogP contribution is -1.96. The van der Waals surface area contributed by atoms with E-state index >= 15 is 0 Å². The summed E-state index contributed by atoms with van der Waals surface area (Å²) in [5, 5.41) is 3.85. The van der Waals surface area contributed by atoms with Gasteiger partial charge in [-0.2, -0.15) is 4.98 Å². The van der Waals surface area contributed by atoms with Crippen LogP contribution < -0.4 is 4.74 Å². The third kappa shape index (κ3) is 2.47. The first-order chi connectivity index (χ1) is 8.06. The number of benzene rings is 1. The Labute approximate surface area is 96.9 Å². The Morgan fingerprint density at radius 3 is 2.76 bits per heavy atom. The Morgan fingerprint density at radius 1 is 1.47 bits per heavy atom. The quantitative estimate of drug-likeness (QED) is 0.763. The Kier molecular flexibility index (Phi) is 2.86. The smallest absolute Gasteiger partial charge is 0.341 e. The first kappa shape index (κ1) is 11.3. The molecule has 0 saturated heterocycles. The molecule has 5 nitrogen and oxygen atoms in total. The molecule has 2 aromatic rings. The highest BCUT2D eigenvalue weighted by atomic mass is 19.1. The van der Waals surface area contributed by atoms with Gasteiger partial charge in [0.05, 0.1) is 0 Å². The van der Waals surface area contributed by atoms with E-state index in [9.17, 15) is 9.18 Å². The fourth-order valence-electron chi connectivity index (χ4n) is 1.27. The van der Waals surface area contributed by atoms with Crippen molar-refractivity contribution in [1.82, 2.24) is 14.8 Å². The zero-order valence-corrected chi connectivity index (χ0v) is 9.35. The van der Waals surface area contributed by atoms with Crippen molar-refractivity contribution in [3.8, 4) is 11.8 Å². The molecule has 6 heteroatoms. The summed E-state index contributed by atoms with van der Waals surface area (Å²) in [7, 11) is 1.68. The topological polar surface area (TPSA) is 57.0 Å². The molecular formula is C11H10FN3O2. The summed E-state index contributed by atoms with van der Waals surface area (Å²) in [4.78, 5) is 14.8. The second-order valence-electron chi connectivity index (χ2n) is 3.50. The summed E-state index contributed by atoms with van der Waals surface area (Å²) in [6.07, 6.45) is 1.44. The number of halogens is 1. The van der Waals surface area contributed by atoms with Gasteiger partial charge in [0, 0.05) is 12.6 Å². The van der Waals surface area contributed by atoms with Crippen LogP contribution >= 0.6 is 0 Å². The molecule has 0 atom stereocenters. The van der Waals surface area contributed by atoms with Crippen LogP contribution in [-0.2, 0) is 7.05 Å². The highest BCUT2D eigenvalue weighted by Gasteiger charge is 2.10. The van der Waals surface area contributed by atoms with Crippen LogP contribution in [0, 0.1) is 5.82 Å². The van der Waals surface area contributed by atoms with Gasteiger partial charge in [-0.15, -0.1) is 5.10 Å². The number of ether oxygens (including phenoxy) is 1. The van der Waals surface area contributed by atoms with Crippen molar-refractivity contribution in [3.05, 3.63) is 35.9 Å². The average Bonchev–Trinajstić information content (AvgIpc) is 2.67. The van der Waals surface area contributed by atoms with E-state index in [0.29, 0.717) is 5.56 Å². The fraction of sp³-hybridized carbons (Fsp3) is 0.182. The maximum Gasteiger partial charge on any atom is 0.341 e. The van der Waals surface area contributed by atoms with Gasteiger partial charge in [0.15, 0.2) is 17.3 Å². The second-order valence-corrected chi connectivity index (χ2v) is 3.50. The van der Waals surface area contributed by atoms with E-state index in [1.807, 2.05) is 0 Å². The standard InChI is InChI=1S/C11H10FN3O2/c1-7(16)8-3-4-10(9(12)5-8)17-11-13-6-15(2)14-11/h3-6H,1-2H3. The molecular weight excluding hydrogens is 225 g/mol. The number of Topliss-reactive ketones (excluding diaryl/α,β-unsaturated/α-hetero) is 1. The Balaban J connectivity index is 2.25. The molecule has 0 saturated carbocycles. The predicted molar refractivity (Wildman–Crippen MR) is 57.5 cm³/mol. The van der Waals surface area contributed by atoms with E-state index in [0.717, 1.165) is 6.07 Å². The maximum atomic E-state index is 13.6. The molecule has 0 amide bonds. The molecule has 0 bridgehead atoms. The second kappa shape index (κ2) is 4.32. The largest absolute Gasteiger partial charge is 0.420 e. The first-order valence-corrected chi connectivity index (χ1v) is 4.90. The number of nitrogens with zero attached hydrogens (tertiary/aromatic N) is 3. The van der Waals surface area contributed by atoms with Crippen molar-refractivity contribution in [1.29, 1.82) is 0 Å². The lowest BCUT2D eigenvalue weighted by Gasteiger charge is -2.03. The number of carbonyl (C=O) groups is 1. The summed E-state index contributed by atoms with van der Waals surface area (Å²) in [6.45, 7) is 1.37. The molecule has 88 valence electrons. The predicted octanol–water partition coefficient (Wildman–Crippen LogP) is 1.95. The van der Waals surface area contributed by atoms with E-state index < -0.39 is 5.82 Å². The van der Waals surface area contributed by atoms with Gasteiger partial charge in [-0.25, -0.2) is 4.39 Å². The van der Waals surface area contributed by atoms with Crippen LogP contribution in [-0.4, -0.2) is 20.5 Å². The van der Waals surface area contributed by atoms with Crippen molar-refractivity contribution < 1.29 is 13.9 Å². The van der Waals surface area contributed by atoms with Gasteiger partial charge in [-0.1, -0.05) is 0 Å². The van der Waals surface area contributed by atoms with Crippen molar-refractivity contribution in [2.75, 3.05) is 0 Å². The van der Waals surface area contributed by atoms with E-state index in [4.69, 9.17) is 4.74 Å². The number of aryl methyl sites for hydroxylation is 1. The Morgan fingerprint density at radius 2 is 2.24 bits per heavy atom. The number of ketones is 1. The van der Waals surface area contributed by atoms with Crippen LogP contribution in [0.3, 0.4) is 0 Å². The van der Waals surface area contributed by atoms with Gasteiger partial charge in [0.25, 0.3) is 0 Å². The minimum atomic E-state index is -0.620. The third-order valence-electron chi connectivity index (χ3n) is 2.12. The first-order valence-electron chi connectivity index (χ1n) is 4.90. The number of aromatic nitrogens is 3. The highest BCUT2D eigenvalue weighted by molar-refractivity contribution is 5.94. The molecule has 0 spiro atoms. The van der Waals surface area contributed by atoms with E-state index in [2.05, 4.69) is 10.1 Å². The fourth-order valence-corrected chi connectivity index (χ4v) is 1.27. The Hall–Kier alpha value is -2.24. The normalized spacial score (nSPS) is 10.3. The molecule has 1 aromatic heterocycles. The van der Waals surface area contributed by atoms with E-state index in [1.54, 1.807) is 7.05 Å². The van der Waals surface area contributed by atoms with Gasteiger partial charge < -0.3 is 4.74 Å². The van der Waals surface area contributed by atoms with Gasteiger partial charge in [-0.05, 0) is 25.1 Å². The van der Waals surface area contributed by atoms with Crippen LogP contribution in [0.5, 0.6) is 11.8 Å². The van der Waals surface area contributed by atoms with Crippen LogP contribution in [0.1, 0.15) is 17.3 Å². The molecule has 1 aromatic carbocycles. The summed E-state index contributed by atoms with van der Waals surface area (Å²) in [6, 6.07) is 4.05. The molecule has 2 rings (SSSR count). The zero-order chi connectivity index (χ0) is 12.4. The van der Waals surface area contributed by atoms with Crippen molar-refractivity contribution in [2.24, 2.45) is 7.05 Å². The van der Waals surface area contributed by atoms with Gasteiger partial charge in [0.1, 0.15) is 6.33 Å². The minimum absolute atomic E-state index is 0.0128. The van der Waals surface area contributed by atoms with E-state index in [1.165, 1.54) is 30.1 Å². The zero-order valence-electron chi connectivity index (χ0n) is 9.35. The monoisotopic (exact) mass is 235 g/mol. The minimum Gasteiger partial charge on any atom is -0.420 e. The Bertz CT molecular complexity index is 566. The molecule has 0 radical (unpaired) electrons. The third-order valence-corrected chi connectivity index (χ3v) is 2.12. The lowest BCUT2D eigenvalue weighted by atomic mass is 10.1. The molecule has 1 heterocycles. The van der Waals surface area contributed by atoms with Crippen LogP contribution in [0.2, 0.25) is 0 Å². The van der Waals surface area contributed by atoms with Gasteiger partial charge in [0.2, 0.25) is 0 Å². The lowest BCUT2D eigenvalue weighted by molar-refractivity contribution is 0.101.